The maximum absolute atomic E-state index is 10.9. The molecule has 0 bridgehead atoms. The van der Waals surface area contributed by atoms with Crippen molar-refractivity contribution in [2.45, 2.75) is 19.4 Å². The van der Waals surface area contributed by atoms with Crippen LogP contribution in [0, 0.1) is 10.1 Å². The summed E-state index contributed by atoms with van der Waals surface area (Å²) in [6, 6.07) is -0.717. The van der Waals surface area contributed by atoms with Gasteiger partial charge < -0.3 is 10.0 Å². The minimum atomic E-state index is -0.970. The third kappa shape index (κ3) is 2.45. The Kier molecular flexibility index (Phi) is 3.78. The number of carboxylic acids is 1. The number of carboxylic acid groups (broad SMARTS) is 1. The van der Waals surface area contributed by atoms with Gasteiger partial charge in [-0.1, -0.05) is 6.92 Å². The molecule has 1 aromatic rings. The van der Waals surface area contributed by atoms with E-state index in [2.05, 4.69) is 4.98 Å². The Morgan fingerprint density at radius 2 is 2.44 bits per heavy atom. The zero-order chi connectivity index (χ0) is 12.3. The zero-order valence-electron chi connectivity index (χ0n) is 8.78. The van der Waals surface area contributed by atoms with E-state index in [9.17, 15) is 14.9 Å². The lowest BCUT2D eigenvalue weighted by molar-refractivity contribution is -0.380. The SMILES string of the molecule is CCC(C(=O)O)N(C)c1ncc([N+](=O)[O-])s1. The van der Waals surface area contributed by atoms with Crippen molar-refractivity contribution in [3.05, 3.63) is 16.3 Å². The number of anilines is 1. The maximum atomic E-state index is 10.9. The van der Waals surface area contributed by atoms with Crippen LogP contribution in [0.5, 0.6) is 0 Å². The smallest absolute Gasteiger partial charge is 0.345 e. The van der Waals surface area contributed by atoms with Crippen molar-refractivity contribution in [2.24, 2.45) is 0 Å². The third-order valence-corrected chi connectivity index (χ3v) is 3.14. The second-order valence-electron chi connectivity index (χ2n) is 3.11. The molecule has 1 N–H and O–H groups in total. The number of hydrogen-bond acceptors (Lipinski definition) is 6. The molecule has 16 heavy (non-hydrogen) atoms. The molecule has 1 heterocycles. The summed E-state index contributed by atoms with van der Waals surface area (Å²) in [5.74, 6) is -0.970. The van der Waals surface area contributed by atoms with Crippen molar-refractivity contribution < 1.29 is 14.8 Å². The molecule has 0 aliphatic rings. The molecule has 0 fully saturated rings. The molecule has 0 saturated carbocycles. The molecule has 0 radical (unpaired) electrons. The van der Waals surface area contributed by atoms with Crippen LogP contribution in [0.2, 0.25) is 0 Å². The molecule has 0 saturated heterocycles. The molecule has 8 heteroatoms. The predicted molar refractivity (Wildman–Crippen MR) is 58.9 cm³/mol. The van der Waals surface area contributed by atoms with Crippen molar-refractivity contribution in [3.8, 4) is 0 Å². The van der Waals surface area contributed by atoms with E-state index in [1.54, 1.807) is 14.0 Å². The molecule has 0 aliphatic heterocycles. The Hall–Kier alpha value is -1.70. The average Bonchev–Trinajstić information content (AvgIpc) is 2.66. The first-order chi connectivity index (χ1) is 7.47. The number of nitrogens with zero attached hydrogens (tertiary/aromatic N) is 3. The molecule has 1 atom stereocenters. The van der Waals surface area contributed by atoms with Gasteiger partial charge in [0, 0.05) is 7.05 Å². The van der Waals surface area contributed by atoms with E-state index in [4.69, 9.17) is 5.11 Å². The molecule has 1 unspecified atom stereocenters. The first kappa shape index (κ1) is 12.4. The fraction of sp³-hybridized carbons (Fsp3) is 0.500. The van der Waals surface area contributed by atoms with Crippen molar-refractivity contribution in [2.75, 3.05) is 11.9 Å². The number of hydrogen-bond donors (Lipinski definition) is 1. The second kappa shape index (κ2) is 4.88. The second-order valence-corrected chi connectivity index (χ2v) is 4.10. The van der Waals surface area contributed by atoms with Crippen LogP contribution in [0.4, 0.5) is 10.1 Å². The van der Waals surface area contributed by atoms with E-state index in [-0.39, 0.29) is 5.00 Å². The molecule has 0 spiro atoms. The normalized spacial score (nSPS) is 12.1. The minimum Gasteiger partial charge on any atom is -0.480 e. The Labute approximate surface area is 95.5 Å². The zero-order valence-corrected chi connectivity index (χ0v) is 9.60. The highest BCUT2D eigenvalue weighted by atomic mass is 32.1. The van der Waals surface area contributed by atoms with Gasteiger partial charge in [-0.25, -0.2) is 9.78 Å². The fourth-order valence-electron chi connectivity index (χ4n) is 1.25. The Balaban J connectivity index is 2.90. The third-order valence-electron chi connectivity index (χ3n) is 2.10. The van der Waals surface area contributed by atoms with E-state index in [0.29, 0.717) is 11.6 Å². The Morgan fingerprint density at radius 3 is 2.81 bits per heavy atom. The lowest BCUT2D eigenvalue weighted by atomic mass is 10.2. The van der Waals surface area contributed by atoms with Crippen LogP contribution >= 0.6 is 11.3 Å². The molecule has 7 nitrogen and oxygen atoms in total. The molecule has 1 rings (SSSR count). The van der Waals surface area contributed by atoms with Crippen LogP contribution in [-0.4, -0.2) is 34.1 Å². The summed E-state index contributed by atoms with van der Waals surface area (Å²) in [5.41, 5.74) is 0. The van der Waals surface area contributed by atoms with Gasteiger partial charge in [0.15, 0.2) is 5.13 Å². The maximum Gasteiger partial charge on any atom is 0.345 e. The van der Waals surface area contributed by atoms with E-state index in [0.717, 1.165) is 17.5 Å². The molecular weight excluding hydrogens is 234 g/mol. The number of likely N-dealkylation sites (N-methyl/N-ethyl adjacent to an activating group) is 1. The molecule has 1 aromatic heterocycles. The summed E-state index contributed by atoms with van der Waals surface area (Å²) in [7, 11) is 1.56. The average molecular weight is 245 g/mol. The van der Waals surface area contributed by atoms with Gasteiger partial charge in [0.25, 0.3) is 0 Å². The molecule has 88 valence electrons. The summed E-state index contributed by atoms with van der Waals surface area (Å²) >= 11 is 0.863. The summed E-state index contributed by atoms with van der Waals surface area (Å²) in [6.07, 6.45) is 1.53. The van der Waals surface area contributed by atoms with Crippen LogP contribution in [0.25, 0.3) is 0 Å². The minimum absolute atomic E-state index is 0.0953. The number of aromatic nitrogens is 1. The molecular formula is C8H11N3O4S. The monoisotopic (exact) mass is 245 g/mol. The summed E-state index contributed by atoms with van der Waals surface area (Å²) < 4.78 is 0. The highest BCUT2D eigenvalue weighted by molar-refractivity contribution is 7.18. The van der Waals surface area contributed by atoms with Crippen LogP contribution in [-0.2, 0) is 4.79 Å². The lowest BCUT2D eigenvalue weighted by Crippen LogP contribution is -2.37. The number of aliphatic carboxylic acids is 1. The number of thiazole rings is 1. The highest BCUT2D eigenvalue weighted by Crippen LogP contribution is 2.28. The van der Waals surface area contributed by atoms with Crippen molar-refractivity contribution in [1.29, 1.82) is 0 Å². The largest absolute Gasteiger partial charge is 0.480 e. The number of carbonyl (C=O) groups is 1. The molecule has 0 aliphatic carbocycles. The van der Waals surface area contributed by atoms with Crippen LogP contribution in [0.3, 0.4) is 0 Å². The molecule has 0 amide bonds. The van der Waals surface area contributed by atoms with E-state index < -0.39 is 16.9 Å². The quantitative estimate of drug-likeness (QED) is 0.621. The fourth-order valence-corrected chi connectivity index (χ4v) is 2.00. The van der Waals surface area contributed by atoms with E-state index in [1.165, 1.54) is 4.90 Å². The predicted octanol–water partition coefficient (Wildman–Crippen LogP) is 1.35. The van der Waals surface area contributed by atoms with Crippen molar-refractivity contribution >= 4 is 27.4 Å². The van der Waals surface area contributed by atoms with E-state index >= 15 is 0 Å². The first-order valence-electron chi connectivity index (χ1n) is 4.53. The highest BCUT2D eigenvalue weighted by Gasteiger charge is 2.24. The topological polar surface area (TPSA) is 96.6 Å². The van der Waals surface area contributed by atoms with Crippen LogP contribution in [0.15, 0.2) is 6.20 Å². The van der Waals surface area contributed by atoms with Gasteiger partial charge in [0.2, 0.25) is 0 Å². The first-order valence-corrected chi connectivity index (χ1v) is 5.34. The van der Waals surface area contributed by atoms with E-state index in [1.807, 2.05) is 0 Å². The summed E-state index contributed by atoms with van der Waals surface area (Å²) in [5, 5.41) is 19.6. The number of nitro groups is 1. The summed E-state index contributed by atoms with van der Waals surface area (Å²) in [4.78, 5) is 26.1. The Morgan fingerprint density at radius 1 is 1.81 bits per heavy atom. The van der Waals surface area contributed by atoms with Gasteiger partial charge in [-0.3, -0.25) is 10.1 Å². The van der Waals surface area contributed by atoms with Gasteiger partial charge in [0.1, 0.15) is 12.2 Å². The van der Waals surface area contributed by atoms with Gasteiger partial charge in [0.05, 0.1) is 4.92 Å². The van der Waals surface area contributed by atoms with Gasteiger partial charge in [-0.05, 0) is 17.8 Å². The summed E-state index contributed by atoms with van der Waals surface area (Å²) in [6.45, 7) is 1.73. The van der Waals surface area contributed by atoms with Crippen LogP contribution in [0.1, 0.15) is 13.3 Å². The molecule has 0 aromatic carbocycles. The van der Waals surface area contributed by atoms with Gasteiger partial charge >= 0.3 is 11.0 Å². The van der Waals surface area contributed by atoms with Gasteiger partial charge in [-0.15, -0.1) is 0 Å². The van der Waals surface area contributed by atoms with Crippen molar-refractivity contribution in [3.63, 3.8) is 0 Å². The standard InChI is InChI=1S/C8H11N3O4S/c1-3-5(7(12)13)10(2)8-9-4-6(16-8)11(14)15/h4-5H,3H2,1-2H3,(H,12,13). The van der Waals surface area contributed by atoms with Gasteiger partial charge in [-0.2, -0.15) is 0 Å². The van der Waals surface area contributed by atoms with Crippen molar-refractivity contribution in [1.82, 2.24) is 4.98 Å². The lowest BCUT2D eigenvalue weighted by Gasteiger charge is -2.22. The van der Waals surface area contributed by atoms with Crippen LogP contribution < -0.4 is 4.90 Å². The Bertz CT molecular complexity index is 406. The number of rotatable bonds is 5.